The topological polar surface area (TPSA) is 163 Å². The van der Waals surface area contributed by atoms with Crippen molar-refractivity contribution >= 4 is 35.0 Å². The molecule has 7 heterocycles. The first-order chi connectivity index (χ1) is 31.3. The van der Waals surface area contributed by atoms with E-state index in [1.807, 2.05) is 36.0 Å². The van der Waals surface area contributed by atoms with Gasteiger partial charge >= 0.3 is 5.97 Å². The average Bonchev–Trinajstić information content (AvgIpc) is 4.05. The highest BCUT2D eigenvalue weighted by Crippen LogP contribution is 2.37. The highest BCUT2D eigenvalue weighted by atomic mass is 32.1. The van der Waals surface area contributed by atoms with Gasteiger partial charge in [0.1, 0.15) is 30.1 Å². The van der Waals surface area contributed by atoms with Gasteiger partial charge in [0.25, 0.3) is 5.91 Å². The summed E-state index contributed by atoms with van der Waals surface area (Å²) in [5.41, 5.74) is 7.13. The molecular formula is C48H52N8O7S. The number of hydrogen-bond acceptors (Lipinski definition) is 12. The van der Waals surface area contributed by atoms with Crippen molar-refractivity contribution in [2.24, 2.45) is 5.92 Å². The molecule has 16 heteroatoms. The first kappa shape index (κ1) is 43.3. The van der Waals surface area contributed by atoms with Crippen molar-refractivity contribution in [3.63, 3.8) is 0 Å². The molecule has 0 bridgehead atoms. The summed E-state index contributed by atoms with van der Waals surface area (Å²) in [5.74, 6) is 7.82. The number of likely N-dealkylation sites (tertiary alicyclic amines) is 1. The van der Waals surface area contributed by atoms with Crippen LogP contribution in [0.1, 0.15) is 98.8 Å². The molecule has 5 aromatic rings. The minimum atomic E-state index is -0.605. The first-order valence-corrected chi connectivity index (χ1v) is 23.0. The van der Waals surface area contributed by atoms with Gasteiger partial charge in [-0.2, -0.15) is 5.10 Å². The number of fused-ring (bicyclic) bond motifs is 4. The third kappa shape index (κ3) is 9.88. The van der Waals surface area contributed by atoms with Crippen molar-refractivity contribution in [1.29, 1.82) is 0 Å². The average molecular weight is 885 g/mol. The Labute approximate surface area is 376 Å². The van der Waals surface area contributed by atoms with E-state index < -0.39 is 6.04 Å². The maximum atomic E-state index is 13.2. The highest BCUT2D eigenvalue weighted by Gasteiger charge is 2.40. The standard InChI is InChI=1S/C48H52N8O7S/c1-32-51-52-43-31-62-30-40-38(26-33-7-3-2-4-8-33)42(64-48(40)56(32)43)14-12-35-27-49-54(28-35)18-6-11-45(58)63-24-23-61-22-21-53-19-16-34(17-20-53)25-36-9-5-10-37-39(36)29-55(47(37)60)41-13-15-44(57)50-46(41)59/h2-5,7-10,27-28,34,41H,6,11,13,15-26,29-31H2,1H3,(H,50,57,59). The Hall–Kier alpha value is -5.99. The minimum Gasteiger partial charge on any atom is -0.463 e. The zero-order chi connectivity index (χ0) is 44.0. The number of rotatable bonds is 15. The normalized spacial score (nSPS) is 17.6. The quantitative estimate of drug-likeness (QED) is 0.0658. The summed E-state index contributed by atoms with van der Waals surface area (Å²) in [6.07, 6.45) is 8.88. The molecular weight excluding hydrogens is 833 g/mol. The Morgan fingerprint density at radius 2 is 1.81 bits per heavy atom. The molecule has 2 fully saturated rings. The maximum Gasteiger partial charge on any atom is 0.305 e. The summed E-state index contributed by atoms with van der Waals surface area (Å²) >= 11 is 1.64. The van der Waals surface area contributed by atoms with Crippen LogP contribution >= 0.6 is 11.3 Å². The summed E-state index contributed by atoms with van der Waals surface area (Å²) in [7, 11) is 0. The van der Waals surface area contributed by atoms with E-state index in [4.69, 9.17) is 14.2 Å². The van der Waals surface area contributed by atoms with E-state index in [0.29, 0.717) is 63.8 Å². The van der Waals surface area contributed by atoms with Crippen LogP contribution in [0.3, 0.4) is 0 Å². The van der Waals surface area contributed by atoms with Gasteiger partial charge in [0, 0.05) is 49.8 Å². The van der Waals surface area contributed by atoms with Crippen molar-refractivity contribution in [1.82, 2.24) is 39.7 Å². The van der Waals surface area contributed by atoms with Gasteiger partial charge in [-0.15, -0.1) is 21.5 Å². The number of imide groups is 1. The lowest BCUT2D eigenvalue weighted by Crippen LogP contribution is -2.52. The third-order valence-corrected chi connectivity index (χ3v) is 13.7. The molecule has 2 saturated heterocycles. The van der Waals surface area contributed by atoms with Gasteiger partial charge in [-0.05, 0) is 92.8 Å². The molecule has 4 aliphatic heterocycles. The SMILES string of the molecule is Cc1nnc2n1-c1sc(C#Cc3cnn(CCCC(=O)OCCOCCN4CCC(Cc5cccc6c5CN(C5CCC(=O)NC5=O)C6=O)CC4)c3)c(Cc3ccccc3)c1COC2. The van der Waals surface area contributed by atoms with Crippen LogP contribution in [0.25, 0.3) is 5.00 Å². The Bertz CT molecular complexity index is 2580. The molecule has 4 aliphatic rings. The fraction of sp³-hybridized carbons (Fsp3) is 0.438. The molecule has 332 valence electrons. The maximum absolute atomic E-state index is 13.2. The molecule has 3 aromatic heterocycles. The number of hydrogen-bond donors (Lipinski definition) is 1. The lowest BCUT2D eigenvalue weighted by molar-refractivity contribution is -0.145. The molecule has 0 spiro atoms. The number of thiophene rings is 1. The first-order valence-electron chi connectivity index (χ1n) is 22.2. The van der Waals surface area contributed by atoms with Crippen molar-refractivity contribution in [3.8, 4) is 16.8 Å². The molecule has 1 unspecified atom stereocenters. The third-order valence-electron chi connectivity index (χ3n) is 12.6. The summed E-state index contributed by atoms with van der Waals surface area (Å²) in [5, 5.41) is 16.6. The number of aromatic nitrogens is 5. The number of ether oxygens (including phenoxy) is 3. The number of aryl methyl sites for hydroxylation is 2. The van der Waals surface area contributed by atoms with Crippen molar-refractivity contribution in [3.05, 3.63) is 116 Å². The van der Waals surface area contributed by atoms with E-state index in [0.717, 1.165) is 89.1 Å². The summed E-state index contributed by atoms with van der Waals surface area (Å²) in [4.78, 5) is 54.9. The second kappa shape index (κ2) is 19.8. The highest BCUT2D eigenvalue weighted by molar-refractivity contribution is 7.15. The van der Waals surface area contributed by atoms with Crippen LogP contribution in [0.5, 0.6) is 0 Å². The number of amides is 3. The van der Waals surface area contributed by atoms with Gasteiger partial charge < -0.3 is 24.0 Å². The van der Waals surface area contributed by atoms with Gasteiger partial charge in [0.15, 0.2) is 5.82 Å². The second-order valence-electron chi connectivity index (χ2n) is 16.9. The predicted molar refractivity (Wildman–Crippen MR) is 236 cm³/mol. The molecule has 0 aliphatic carbocycles. The lowest BCUT2D eigenvalue weighted by Gasteiger charge is -2.32. The van der Waals surface area contributed by atoms with E-state index in [2.05, 4.69) is 72.3 Å². The van der Waals surface area contributed by atoms with Crippen molar-refractivity contribution < 1.29 is 33.4 Å². The predicted octanol–water partition coefficient (Wildman–Crippen LogP) is 4.91. The Balaban J connectivity index is 0.671. The van der Waals surface area contributed by atoms with Gasteiger partial charge in [-0.3, -0.25) is 33.7 Å². The molecule has 3 amide bonds. The van der Waals surface area contributed by atoms with Crippen LogP contribution in [-0.4, -0.2) is 104 Å². The lowest BCUT2D eigenvalue weighted by atomic mass is 9.87. The number of nitrogens with one attached hydrogen (secondary N) is 1. The molecule has 0 radical (unpaired) electrons. The molecule has 1 atom stereocenters. The van der Waals surface area contributed by atoms with E-state index >= 15 is 0 Å². The van der Waals surface area contributed by atoms with Crippen LogP contribution in [-0.2, 0) is 67.7 Å². The number of carbonyl (C=O) groups excluding carboxylic acids is 4. The van der Waals surface area contributed by atoms with Crippen LogP contribution in [0.15, 0.2) is 60.9 Å². The molecule has 1 N–H and O–H groups in total. The zero-order valence-corrected chi connectivity index (χ0v) is 36.9. The van der Waals surface area contributed by atoms with Gasteiger partial charge in [0.05, 0.1) is 36.5 Å². The molecule has 64 heavy (non-hydrogen) atoms. The minimum absolute atomic E-state index is 0.129. The molecule has 15 nitrogen and oxygen atoms in total. The number of carbonyl (C=O) groups is 4. The molecule has 9 rings (SSSR count). The van der Waals surface area contributed by atoms with Crippen LogP contribution in [0.4, 0.5) is 0 Å². The molecule has 0 saturated carbocycles. The Morgan fingerprint density at radius 3 is 2.66 bits per heavy atom. The zero-order valence-electron chi connectivity index (χ0n) is 36.1. The van der Waals surface area contributed by atoms with Gasteiger partial charge in [-0.1, -0.05) is 54.3 Å². The summed E-state index contributed by atoms with van der Waals surface area (Å²) in [6, 6.07) is 15.7. The smallest absolute Gasteiger partial charge is 0.305 e. The number of benzene rings is 2. The van der Waals surface area contributed by atoms with Crippen molar-refractivity contribution in [2.75, 3.05) is 39.5 Å². The number of nitrogens with zero attached hydrogens (tertiary/aromatic N) is 7. The Morgan fingerprint density at radius 1 is 0.953 bits per heavy atom. The number of esters is 1. The fourth-order valence-corrected chi connectivity index (χ4v) is 10.4. The van der Waals surface area contributed by atoms with E-state index in [1.54, 1.807) is 22.4 Å². The van der Waals surface area contributed by atoms with Crippen LogP contribution in [0.2, 0.25) is 0 Å². The van der Waals surface area contributed by atoms with Gasteiger partial charge in [-0.25, -0.2) is 0 Å². The van der Waals surface area contributed by atoms with Crippen molar-refractivity contribution in [2.45, 2.75) is 90.6 Å². The van der Waals surface area contributed by atoms with E-state index in [1.165, 1.54) is 11.1 Å². The fourth-order valence-electron chi connectivity index (χ4n) is 9.12. The van der Waals surface area contributed by atoms with Crippen LogP contribution < -0.4 is 5.32 Å². The summed E-state index contributed by atoms with van der Waals surface area (Å²) < 4.78 is 21.2. The number of piperidine rings is 2. The molecule has 2 aromatic carbocycles. The second-order valence-corrected chi connectivity index (χ2v) is 17.9. The van der Waals surface area contributed by atoms with E-state index in [9.17, 15) is 19.2 Å². The Kier molecular flexibility index (Phi) is 13.4. The van der Waals surface area contributed by atoms with E-state index in [-0.39, 0.29) is 43.1 Å². The largest absolute Gasteiger partial charge is 0.463 e. The van der Waals surface area contributed by atoms with Crippen LogP contribution in [0, 0.1) is 24.7 Å². The monoisotopic (exact) mass is 884 g/mol. The summed E-state index contributed by atoms with van der Waals surface area (Å²) in [6.45, 7) is 7.72. The van der Waals surface area contributed by atoms with Gasteiger partial charge in [0.2, 0.25) is 11.8 Å².